The molecule has 0 aliphatic carbocycles. The fraction of sp³-hybridized carbons (Fsp3) is 0.333. The van der Waals surface area contributed by atoms with E-state index in [9.17, 15) is 39.2 Å². The van der Waals surface area contributed by atoms with E-state index < -0.39 is 42.1 Å². The number of benzene rings is 1. The Labute approximate surface area is 123 Å². The van der Waals surface area contributed by atoms with Crippen LogP contribution in [0.4, 0.5) is 30.7 Å². The van der Waals surface area contributed by atoms with E-state index in [2.05, 4.69) is 0 Å². The van der Waals surface area contributed by atoms with Gasteiger partial charge in [0.1, 0.15) is 0 Å². The maximum absolute atomic E-state index is 13.6. The van der Waals surface area contributed by atoms with Gasteiger partial charge in [0.2, 0.25) is 9.84 Å². The van der Waals surface area contributed by atoms with Crippen LogP contribution in [0.25, 0.3) is 0 Å². The van der Waals surface area contributed by atoms with Gasteiger partial charge < -0.3 is 0 Å². The molecular formula is C9H2Cl2F7O2S. The molecule has 1 aromatic rings. The van der Waals surface area contributed by atoms with Crippen molar-refractivity contribution in [2.45, 2.75) is 22.2 Å². The van der Waals surface area contributed by atoms with Crippen molar-refractivity contribution < 1.29 is 39.2 Å². The highest BCUT2D eigenvalue weighted by molar-refractivity contribution is 7.92. The van der Waals surface area contributed by atoms with Gasteiger partial charge >= 0.3 is 17.4 Å². The Morgan fingerprint density at radius 3 is 1.48 bits per heavy atom. The minimum absolute atomic E-state index is 0.175. The summed E-state index contributed by atoms with van der Waals surface area (Å²) in [7, 11) is -6.57. The molecule has 119 valence electrons. The zero-order valence-electron chi connectivity index (χ0n) is 9.28. The first-order valence-electron chi connectivity index (χ1n) is 4.60. The molecule has 0 fully saturated rings. The molecule has 12 heteroatoms. The van der Waals surface area contributed by atoms with E-state index in [1.165, 1.54) is 0 Å². The summed E-state index contributed by atoms with van der Waals surface area (Å²) in [6.07, 6.45) is -13.5. The van der Waals surface area contributed by atoms with Crippen molar-refractivity contribution in [2.24, 2.45) is 0 Å². The number of rotatable bonds is 2. The van der Waals surface area contributed by atoms with Gasteiger partial charge in [-0.15, -0.1) is 0 Å². The van der Waals surface area contributed by atoms with Gasteiger partial charge in [0, 0.05) is 6.07 Å². The Balaban J connectivity index is 3.73. The number of sulfone groups is 1. The summed E-state index contributed by atoms with van der Waals surface area (Å²) < 4.78 is 111. The lowest BCUT2D eigenvalue weighted by molar-refractivity contribution is -0.305. The lowest BCUT2D eigenvalue weighted by atomic mass is 10.3. The van der Waals surface area contributed by atoms with Crippen LogP contribution in [-0.2, 0) is 9.84 Å². The van der Waals surface area contributed by atoms with Crippen molar-refractivity contribution in [1.29, 1.82) is 0 Å². The van der Waals surface area contributed by atoms with Crippen molar-refractivity contribution in [3.63, 3.8) is 0 Å². The van der Waals surface area contributed by atoms with Gasteiger partial charge in [0.05, 0.1) is 14.9 Å². The monoisotopic (exact) mass is 377 g/mol. The van der Waals surface area contributed by atoms with Crippen LogP contribution in [-0.4, -0.2) is 25.8 Å². The van der Waals surface area contributed by atoms with Gasteiger partial charge in [-0.3, -0.25) is 0 Å². The molecule has 21 heavy (non-hydrogen) atoms. The molecule has 0 saturated heterocycles. The maximum atomic E-state index is 13.6. The molecule has 0 saturated carbocycles. The predicted molar refractivity (Wildman–Crippen MR) is 58.4 cm³/mol. The molecule has 0 unspecified atom stereocenters. The molecule has 1 aromatic carbocycles. The lowest BCUT2D eigenvalue weighted by Crippen LogP contribution is -2.58. The van der Waals surface area contributed by atoms with Crippen LogP contribution in [0.2, 0.25) is 10.0 Å². The highest BCUT2D eigenvalue weighted by Gasteiger charge is 2.80. The molecule has 0 aromatic heterocycles. The van der Waals surface area contributed by atoms with E-state index in [-0.39, 0.29) is 12.1 Å². The summed E-state index contributed by atoms with van der Waals surface area (Å²) in [6.45, 7) is 0. The highest BCUT2D eigenvalue weighted by atomic mass is 35.5. The van der Waals surface area contributed by atoms with Gasteiger partial charge in [-0.05, 0) is 12.1 Å². The van der Waals surface area contributed by atoms with E-state index >= 15 is 0 Å². The number of alkyl halides is 7. The quantitative estimate of drug-likeness (QED) is 0.717. The Morgan fingerprint density at radius 1 is 0.857 bits per heavy atom. The van der Waals surface area contributed by atoms with E-state index in [0.717, 1.165) is 0 Å². The molecule has 0 bridgehead atoms. The van der Waals surface area contributed by atoms with Gasteiger partial charge in [-0.25, -0.2) is 12.8 Å². The first kappa shape index (κ1) is 18.3. The molecular weight excluding hydrogens is 376 g/mol. The second kappa shape index (κ2) is 5.17. The van der Waals surface area contributed by atoms with Gasteiger partial charge in [0.15, 0.2) is 0 Å². The SMILES string of the molecule is O=S(=O)(c1cc(Cl)[c]c(Cl)c1)C(F)(C(F)(F)F)C(F)(F)F. The van der Waals surface area contributed by atoms with E-state index in [0.29, 0.717) is 0 Å². The molecule has 1 rings (SSSR count). The van der Waals surface area contributed by atoms with Gasteiger partial charge in [-0.1, -0.05) is 23.2 Å². The molecule has 0 spiro atoms. The molecule has 0 heterocycles. The average Bonchev–Trinajstić information content (AvgIpc) is 2.23. The van der Waals surface area contributed by atoms with Crippen LogP contribution in [0.15, 0.2) is 17.0 Å². The summed E-state index contributed by atoms with van der Waals surface area (Å²) in [5, 5.41) is -7.90. The number of halogens is 9. The smallest absolute Gasteiger partial charge is 0.220 e. The average molecular weight is 378 g/mol. The third kappa shape index (κ3) is 2.93. The lowest BCUT2D eigenvalue weighted by Gasteiger charge is -2.29. The van der Waals surface area contributed by atoms with E-state index in [4.69, 9.17) is 23.2 Å². The maximum Gasteiger partial charge on any atom is 0.447 e. The second-order valence-corrected chi connectivity index (χ2v) is 6.46. The standard InChI is InChI=1S/C9H2Cl2F7O2S/c10-4-1-5(11)3-6(2-4)21(19,20)7(12,8(13,14)15)9(16,17)18/h2-3H. The summed E-state index contributed by atoms with van der Waals surface area (Å²) in [5.41, 5.74) is 0. The number of hydrogen-bond acceptors (Lipinski definition) is 2. The van der Waals surface area contributed by atoms with E-state index in [1.54, 1.807) is 0 Å². The van der Waals surface area contributed by atoms with Crippen LogP contribution < -0.4 is 0 Å². The molecule has 0 amide bonds. The Hall–Kier alpha value is -0.740. The van der Waals surface area contributed by atoms with E-state index in [1.807, 2.05) is 6.07 Å². The van der Waals surface area contributed by atoms with Crippen molar-refractivity contribution in [3.05, 3.63) is 28.2 Å². The minimum atomic E-state index is -6.76. The molecule has 0 atom stereocenters. The van der Waals surface area contributed by atoms with Crippen molar-refractivity contribution in [1.82, 2.24) is 0 Å². The van der Waals surface area contributed by atoms with Crippen molar-refractivity contribution in [3.8, 4) is 0 Å². The van der Waals surface area contributed by atoms with Gasteiger partial charge in [0.25, 0.3) is 0 Å². The zero-order valence-corrected chi connectivity index (χ0v) is 11.6. The molecule has 0 aliphatic heterocycles. The topological polar surface area (TPSA) is 34.1 Å². The summed E-state index contributed by atoms with van der Waals surface area (Å²) in [6, 6.07) is 2.34. The fourth-order valence-electron chi connectivity index (χ4n) is 1.26. The first-order chi connectivity index (χ1) is 9.14. The summed E-state index contributed by atoms with van der Waals surface area (Å²) >= 11 is 10.5. The summed E-state index contributed by atoms with van der Waals surface area (Å²) in [4.78, 5) is -1.67. The zero-order chi connectivity index (χ0) is 16.9. The van der Waals surface area contributed by atoms with Crippen LogP contribution in [0, 0.1) is 6.07 Å². The third-order valence-corrected chi connectivity index (χ3v) is 4.65. The van der Waals surface area contributed by atoms with Crippen LogP contribution >= 0.6 is 23.2 Å². The molecule has 1 radical (unpaired) electrons. The van der Waals surface area contributed by atoms with Crippen molar-refractivity contribution >= 4 is 33.0 Å². The fourth-order valence-corrected chi connectivity index (χ4v) is 3.36. The second-order valence-electron chi connectivity index (χ2n) is 3.61. The Bertz CT molecular complexity index is 617. The van der Waals surface area contributed by atoms with Crippen LogP contribution in [0.1, 0.15) is 0 Å². The highest BCUT2D eigenvalue weighted by Crippen LogP contribution is 2.52. The molecule has 0 N–H and O–H groups in total. The summed E-state index contributed by atoms with van der Waals surface area (Å²) in [5.74, 6) is 0. The largest absolute Gasteiger partial charge is 0.447 e. The normalized spacial score (nSPS) is 14.3. The van der Waals surface area contributed by atoms with Crippen LogP contribution in [0.3, 0.4) is 0 Å². The number of hydrogen-bond donors (Lipinski definition) is 0. The minimum Gasteiger partial charge on any atom is -0.220 e. The Morgan fingerprint density at radius 2 is 1.19 bits per heavy atom. The molecule has 0 aliphatic rings. The third-order valence-electron chi connectivity index (χ3n) is 2.19. The predicted octanol–water partition coefficient (Wildman–Crippen LogP) is 4.36. The Kier molecular flexibility index (Phi) is 4.50. The van der Waals surface area contributed by atoms with Crippen LogP contribution in [0.5, 0.6) is 0 Å². The van der Waals surface area contributed by atoms with Crippen molar-refractivity contribution in [2.75, 3.05) is 0 Å². The van der Waals surface area contributed by atoms with Gasteiger partial charge in [-0.2, -0.15) is 26.3 Å². The molecule has 2 nitrogen and oxygen atoms in total. The first-order valence-corrected chi connectivity index (χ1v) is 6.84.